The summed E-state index contributed by atoms with van der Waals surface area (Å²) in [5.74, 6) is -0.00694. The van der Waals surface area contributed by atoms with Crippen LogP contribution >= 0.6 is 11.6 Å². The molecule has 0 saturated heterocycles. The van der Waals surface area contributed by atoms with Gasteiger partial charge in [0.05, 0.1) is 23.9 Å². The molecule has 0 fully saturated rings. The molecular formula is C29H24ClN5O. The third kappa shape index (κ3) is 4.80. The molecular weight excluding hydrogens is 470 g/mol. The van der Waals surface area contributed by atoms with E-state index in [9.17, 15) is 4.79 Å². The molecule has 0 amide bonds. The molecule has 0 radical (unpaired) electrons. The fourth-order valence-electron chi connectivity index (χ4n) is 4.41. The van der Waals surface area contributed by atoms with Gasteiger partial charge in [-0.15, -0.1) is 0 Å². The molecule has 0 aliphatic rings. The summed E-state index contributed by atoms with van der Waals surface area (Å²) in [4.78, 5) is 17.1. The van der Waals surface area contributed by atoms with Crippen LogP contribution in [0.25, 0.3) is 22.0 Å². The normalized spacial score (nSPS) is 11.9. The van der Waals surface area contributed by atoms with E-state index in [1.165, 1.54) is 0 Å². The van der Waals surface area contributed by atoms with Crippen LogP contribution in [-0.2, 0) is 13.5 Å². The van der Waals surface area contributed by atoms with Gasteiger partial charge in [-0.2, -0.15) is 10.4 Å². The molecule has 0 aliphatic carbocycles. The van der Waals surface area contributed by atoms with Crippen molar-refractivity contribution < 1.29 is 4.79 Å². The van der Waals surface area contributed by atoms with Gasteiger partial charge in [-0.05, 0) is 41.3 Å². The van der Waals surface area contributed by atoms with E-state index in [0.717, 1.165) is 33.2 Å². The number of fused-ring (bicyclic) bond motifs is 1. The number of nitriles is 1. The maximum Gasteiger partial charge on any atom is 0.186 e. The Morgan fingerprint density at radius 1 is 1.14 bits per heavy atom. The number of benzene rings is 3. The number of hydrogen-bond donors (Lipinski definition) is 2. The number of nitrogens with one attached hydrogen (secondary N) is 2. The van der Waals surface area contributed by atoms with Crippen molar-refractivity contribution in [3.63, 3.8) is 0 Å². The van der Waals surface area contributed by atoms with E-state index in [1.54, 1.807) is 23.0 Å². The lowest BCUT2D eigenvalue weighted by Crippen LogP contribution is -2.30. The molecule has 0 bridgehead atoms. The molecule has 36 heavy (non-hydrogen) atoms. The Morgan fingerprint density at radius 2 is 1.97 bits per heavy atom. The molecule has 7 heteroatoms. The third-order valence-electron chi connectivity index (χ3n) is 6.31. The van der Waals surface area contributed by atoms with Crippen LogP contribution in [0.5, 0.6) is 0 Å². The standard InChI is InChI=1S/C29H24ClN5O/c1-35-18-23(16-34-35)22-9-10-24-25(17-33-27(24)14-22)29(36)28(21-5-3-2-4-6-21)32-12-11-20-8-7-19(15-31)13-26(20)30/h2-10,13-14,16-18,28,32-33H,11-12H2,1H3/t28-/m0/s1. The monoisotopic (exact) mass is 493 g/mol. The number of Topliss-reactive ketones (excluding diaryl/α,β-unsaturated/α-hetero) is 1. The summed E-state index contributed by atoms with van der Waals surface area (Å²) >= 11 is 6.35. The van der Waals surface area contributed by atoms with Crippen molar-refractivity contribution in [3.05, 3.63) is 113 Å². The van der Waals surface area contributed by atoms with E-state index < -0.39 is 6.04 Å². The Morgan fingerprint density at radius 3 is 2.69 bits per heavy atom. The van der Waals surface area contributed by atoms with Gasteiger partial charge in [0.25, 0.3) is 0 Å². The minimum absolute atomic E-state index is 0.00694. The lowest BCUT2D eigenvalue weighted by atomic mass is 9.96. The van der Waals surface area contributed by atoms with Gasteiger partial charge >= 0.3 is 0 Å². The number of nitrogens with zero attached hydrogens (tertiary/aromatic N) is 3. The van der Waals surface area contributed by atoms with Gasteiger partial charge in [0.15, 0.2) is 5.78 Å². The lowest BCUT2D eigenvalue weighted by molar-refractivity contribution is 0.0945. The zero-order valence-corrected chi connectivity index (χ0v) is 20.5. The van der Waals surface area contributed by atoms with Gasteiger partial charge in [0.1, 0.15) is 0 Å². The van der Waals surface area contributed by atoms with E-state index in [-0.39, 0.29) is 5.78 Å². The third-order valence-corrected chi connectivity index (χ3v) is 6.66. The largest absolute Gasteiger partial charge is 0.360 e. The van der Waals surface area contributed by atoms with Crippen LogP contribution in [0.2, 0.25) is 5.02 Å². The van der Waals surface area contributed by atoms with E-state index >= 15 is 0 Å². The number of ketones is 1. The summed E-state index contributed by atoms with van der Waals surface area (Å²) in [7, 11) is 1.89. The smallest absolute Gasteiger partial charge is 0.186 e. The Kier molecular flexibility index (Phi) is 6.68. The molecule has 0 aliphatic heterocycles. The van der Waals surface area contributed by atoms with Crippen LogP contribution in [0.4, 0.5) is 0 Å². The zero-order chi connectivity index (χ0) is 25.1. The second-order valence-electron chi connectivity index (χ2n) is 8.70. The summed E-state index contributed by atoms with van der Waals surface area (Å²) in [6.07, 6.45) is 6.20. The van der Waals surface area contributed by atoms with Crippen molar-refractivity contribution >= 4 is 28.3 Å². The number of carbonyl (C=O) groups is 1. The van der Waals surface area contributed by atoms with Crippen molar-refractivity contribution in [1.29, 1.82) is 5.26 Å². The summed E-state index contributed by atoms with van der Waals surface area (Å²) < 4.78 is 1.77. The van der Waals surface area contributed by atoms with E-state index in [4.69, 9.17) is 16.9 Å². The van der Waals surface area contributed by atoms with Crippen molar-refractivity contribution in [2.24, 2.45) is 7.05 Å². The number of aromatic nitrogens is 3. The quantitative estimate of drug-likeness (QED) is 0.265. The van der Waals surface area contributed by atoms with Crippen LogP contribution < -0.4 is 5.32 Å². The van der Waals surface area contributed by atoms with Gasteiger partial charge in [0.2, 0.25) is 0 Å². The van der Waals surface area contributed by atoms with Gasteiger partial charge < -0.3 is 10.3 Å². The van der Waals surface area contributed by atoms with Crippen molar-refractivity contribution in [2.75, 3.05) is 6.54 Å². The Hall–Kier alpha value is -4.18. The minimum Gasteiger partial charge on any atom is -0.360 e. The number of carbonyl (C=O) groups excluding carboxylic acids is 1. The van der Waals surface area contributed by atoms with Crippen LogP contribution in [0.3, 0.4) is 0 Å². The SMILES string of the molecule is Cn1cc(-c2ccc3c(C(=O)[C@@H](NCCc4ccc(C#N)cc4Cl)c4ccccc4)c[nH]c3c2)cn1. The average Bonchev–Trinajstić information content (AvgIpc) is 3.53. The zero-order valence-electron chi connectivity index (χ0n) is 19.7. The summed E-state index contributed by atoms with van der Waals surface area (Å²) in [6.45, 7) is 0.546. The van der Waals surface area contributed by atoms with Crippen molar-refractivity contribution in [2.45, 2.75) is 12.5 Å². The fourth-order valence-corrected chi connectivity index (χ4v) is 4.69. The van der Waals surface area contributed by atoms with E-state index in [0.29, 0.717) is 29.1 Å². The first kappa shape index (κ1) is 23.6. The summed E-state index contributed by atoms with van der Waals surface area (Å²) in [6, 6.07) is 22.6. The summed E-state index contributed by atoms with van der Waals surface area (Å²) in [5.41, 5.74) is 5.95. The molecule has 5 rings (SSSR count). The molecule has 2 aromatic heterocycles. The lowest BCUT2D eigenvalue weighted by Gasteiger charge is -2.18. The molecule has 3 aromatic carbocycles. The number of aromatic amines is 1. The second kappa shape index (κ2) is 10.2. The fraction of sp³-hybridized carbons (Fsp3) is 0.138. The highest BCUT2D eigenvalue weighted by Crippen LogP contribution is 2.29. The van der Waals surface area contributed by atoms with Crippen molar-refractivity contribution in [1.82, 2.24) is 20.1 Å². The second-order valence-corrected chi connectivity index (χ2v) is 9.10. The molecule has 0 spiro atoms. The maximum absolute atomic E-state index is 13.8. The van der Waals surface area contributed by atoms with Crippen LogP contribution in [-0.4, -0.2) is 27.1 Å². The Bertz CT molecular complexity index is 1580. The van der Waals surface area contributed by atoms with Crippen LogP contribution in [0, 0.1) is 11.3 Å². The number of halogens is 1. The molecule has 2 heterocycles. The topological polar surface area (TPSA) is 86.5 Å². The predicted molar refractivity (Wildman–Crippen MR) is 142 cm³/mol. The highest BCUT2D eigenvalue weighted by Gasteiger charge is 2.24. The Balaban J connectivity index is 1.40. The number of aryl methyl sites for hydroxylation is 1. The molecule has 2 N–H and O–H groups in total. The predicted octanol–water partition coefficient (Wildman–Crippen LogP) is 5.85. The number of H-pyrrole nitrogens is 1. The van der Waals surface area contributed by atoms with Crippen LogP contribution in [0.15, 0.2) is 85.3 Å². The first-order valence-electron chi connectivity index (χ1n) is 11.6. The van der Waals surface area contributed by atoms with E-state index in [2.05, 4.69) is 21.5 Å². The van der Waals surface area contributed by atoms with Gasteiger partial charge in [-0.1, -0.05) is 60.1 Å². The summed E-state index contributed by atoms with van der Waals surface area (Å²) in [5, 5.41) is 18.2. The number of rotatable bonds is 8. The van der Waals surface area contributed by atoms with Gasteiger partial charge in [-0.3, -0.25) is 9.48 Å². The van der Waals surface area contributed by atoms with Gasteiger partial charge in [-0.25, -0.2) is 0 Å². The first-order chi connectivity index (χ1) is 17.5. The molecule has 178 valence electrons. The molecule has 5 aromatic rings. The molecule has 0 unspecified atom stereocenters. The van der Waals surface area contributed by atoms with Gasteiger partial charge in [0, 0.05) is 53.0 Å². The maximum atomic E-state index is 13.8. The van der Waals surface area contributed by atoms with Crippen LogP contribution in [0.1, 0.15) is 33.1 Å². The molecule has 0 saturated carbocycles. The highest BCUT2D eigenvalue weighted by molar-refractivity contribution is 6.31. The first-order valence-corrected chi connectivity index (χ1v) is 12.0. The Labute approximate surface area is 214 Å². The minimum atomic E-state index is -0.514. The van der Waals surface area contributed by atoms with Crippen molar-refractivity contribution in [3.8, 4) is 17.2 Å². The number of hydrogen-bond acceptors (Lipinski definition) is 4. The average molecular weight is 494 g/mol. The molecule has 6 nitrogen and oxygen atoms in total. The molecule has 1 atom stereocenters. The highest BCUT2D eigenvalue weighted by atomic mass is 35.5. The van der Waals surface area contributed by atoms with E-state index in [1.807, 2.05) is 74.0 Å².